The molecule has 0 fully saturated rings. The number of hydrogen-bond donors (Lipinski definition) is 0. The number of rotatable bonds is 3. The first kappa shape index (κ1) is 17.1. The lowest BCUT2D eigenvalue weighted by atomic mass is 9.96. The van der Waals surface area contributed by atoms with Crippen molar-refractivity contribution in [2.24, 2.45) is 7.05 Å². The Morgan fingerprint density at radius 3 is 2.41 bits per heavy atom. The molecular weight excluding hydrogens is 334 g/mol. The lowest BCUT2D eigenvalue weighted by Crippen LogP contribution is -2.25. The Morgan fingerprint density at radius 1 is 0.963 bits per heavy atom. The van der Waals surface area contributed by atoms with Crippen LogP contribution >= 0.6 is 0 Å². The topological polar surface area (TPSA) is 22.3 Å². The molecule has 0 N–H and O–H groups in total. The summed E-state index contributed by atoms with van der Waals surface area (Å²) in [6, 6.07) is 18.4. The van der Waals surface area contributed by atoms with Gasteiger partial charge in [-0.15, -0.1) is 0 Å². The van der Waals surface area contributed by atoms with Crippen molar-refractivity contribution in [1.82, 2.24) is 0 Å². The molecule has 3 heteroatoms. The molecule has 134 valence electrons. The maximum atomic E-state index is 6.21. The zero-order valence-electron chi connectivity index (χ0n) is 15.8. The van der Waals surface area contributed by atoms with Gasteiger partial charge >= 0.3 is 0 Å². The predicted octanol–water partition coefficient (Wildman–Crippen LogP) is 4.80. The van der Waals surface area contributed by atoms with Crippen LogP contribution in [0.4, 0.5) is 0 Å². The first-order valence-corrected chi connectivity index (χ1v) is 8.94. The highest BCUT2D eigenvalue weighted by Gasteiger charge is 2.18. The second-order valence-electron chi connectivity index (χ2n) is 6.74. The van der Waals surface area contributed by atoms with Gasteiger partial charge in [-0.2, -0.15) is 0 Å². The van der Waals surface area contributed by atoms with E-state index in [2.05, 4.69) is 55.7 Å². The van der Waals surface area contributed by atoms with Gasteiger partial charge in [-0.3, -0.25) is 0 Å². The van der Waals surface area contributed by atoms with Crippen molar-refractivity contribution in [3.8, 4) is 11.5 Å². The van der Waals surface area contributed by atoms with Gasteiger partial charge < -0.3 is 9.47 Å². The number of hydrogen-bond acceptors (Lipinski definition) is 2. The van der Waals surface area contributed by atoms with Gasteiger partial charge in [-0.05, 0) is 66.6 Å². The molecule has 2 aromatic carbocycles. The minimum atomic E-state index is 0.833. The summed E-state index contributed by atoms with van der Waals surface area (Å²) >= 11 is 0. The van der Waals surface area contributed by atoms with Crippen LogP contribution in [-0.4, -0.2) is 7.11 Å². The second-order valence-corrected chi connectivity index (χ2v) is 6.74. The summed E-state index contributed by atoms with van der Waals surface area (Å²) in [6.07, 6.45) is 8.41. The van der Waals surface area contributed by atoms with Crippen LogP contribution in [0.15, 0.2) is 73.1 Å². The summed E-state index contributed by atoms with van der Waals surface area (Å²) < 4.78 is 13.5. The average Bonchev–Trinajstić information content (AvgIpc) is 2.70. The molecule has 0 spiro atoms. The standard InChI is InChI=1S/C24H22NO2/c1-17-4-9-23-22(14-17)20(15-18-10-12-25(2)13-11-18)16-24(27-23)19-5-7-21(26-3)8-6-19/h4-16H,1-3H3/q+1. The molecule has 0 saturated heterocycles. The molecular formula is C24H22NO2+. The summed E-state index contributed by atoms with van der Waals surface area (Å²) in [4.78, 5) is 0. The molecule has 0 unspecified atom stereocenters. The van der Waals surface area contributed by atoms with Crippen LogP contribution in [0.1, 0.15) is 22.3 Å². The van der Waals surface area contributed by atoms with E-state index in [4.69, 9.17) is 9.47 Å². The Hall–Kier alpha value is -3.33. The summed E-state index contributed by atoms with van der Waals surface area (Å²) in [5, 5.41) is 0. The average molecular weight is 356 g/mol. The number of benzene rings is 2. The number of fused-ring (bicyclic) bond motifs is 1. The number of ether oxygens (including phenoxy) is 2. The normalized spacial score (nSPS) is 14.3. The lowest BCUT2D eigenvalue weighted by Gasteiger charge is -2.21. The van der Waals surface area contributed by atoms with Gasteiger partial charge in [-0.25, -0.2) is 4.57 Å². The fraction of sp³-hybridized carbons (Fsp3) is 0.125. The van der Waals surface area contributed by atoms with E-state index in [1.807, 2.05) is 41.9 Å². The molecule has 2 heterocycles. The van der Waals surface area contributed by atoms with Gasteiger partial charge in [0.2, 0.25) is 0 Å². The summed E-state index contributed by atoms with van der Waals surface area (Å²) in [5.41, 5.74) is 5.64. The molecule has 1 aliphatic heterocycles. The Kier molecular flexibility index (Phi) is 4.51. The third kappa shape index (κ3) is 3.63. The minimum absolute atomic E-state index is 0.833. The molecule has 1 aromatic heterocycles. The fourth-order valence-corrected chi connectivity index (χ4v) is 3.13. The largest absolute Gasteiger partial charge is 0.497 e. The maximum Gasteiger partial charge on any atom is 0.169 e. The summed E-state index contributed by atoms with van der Waals surface area (Å²) in [7, 11) is 3.69. The molecule has 0 aliphatic carbocycles. The van der Waals surface area contributed by atoms with Crippen LogP contribution in [-0.2, 0) is 7.05 Å². The number of aromatic nitrogens is 1. The number of methoxy groups -OCH3 is 1. The van der Waals surface area contributed by atoms with E-state index < -0.39 is 0 Å². The van der Waals surface area contributed by atoms with Gasteiger partial charge in [0.25, 0.3) is 0 Å². The van der Waals surface area contributed by atoms with E-state index in [9.17, 15) is 0 Å². The van der Waals surface area contributed by atoms with Gasteiger partial charge in [0, 0.05) is 23.3 Å². The molecule has 3 nitrogen and oxygen atoms in total. The van der Waals surface area contributed by atoms with E-state index in [-0.39, 0.29) is 0 Å². The second kappa shape index (κ2) is 7.12. The molecule has 1 aliphatic rings. The Balaban J connectivity index is 1.81. The maximum absolute atomic E-state index is 6.21. The minimum Gasteiger partial charge on any atom is -0.497 e. The van der Waals surface area contributed by atoms with E-state index >= 15 is 0 Å². The van der Waals surface area contributed by atoms with Crippen molar-refractivity contribution < 1.29 is 14.0 Å². The summed E-state index contributed by atoms with van der Waals surface area (Å²) in [6.45, 7) is 2.10. The van der Waals surface area contributed by atoms with Crippen LogP contribution in [0.5, 0.6) is 11.5 Å². The van der Waals surface area contributed by atoms with E-state index in [0.717, 1.165) is 39.5 Å². The first-order chi connectivity index (χ1) is 13.1. The number of pyridine rings is 1. The number of allylic oxidation sites excluding steroid dienone is 2. The van der Waals surface area contributed by atoms with E-state index in [1.165, 1.54) is 5.56 Å². The third-order valence-electron chi connectivity index (χ3n) is 4.65. The highest BCUT2D eigenvalue weighted by Crippen LogP contribution is 2.38. The Labute approximate surface area is 159 Å². The monoisotopic (exact) mass is 356 g/mol. The first-order valence-electron chi connectivity index (χ1n) is 8.94. The highest BCUT2D eigenvalue weighted by molar-refractivity contribution is 5.96. The molecule has 4 rings (SSSR count). The quantitative estimate of drug-likeness (QED) is 0.629. The molecule has 0 atom stereocenters. The third-order valence-corrected chi connectivity index (χ3v) is 4.65. The van der Waals surface area contributed by atoms with Crippen LogP contribution in [0.2, 0.25) is 0 Å². The van der Waals surface area contributed by atoms with Gasteiger partial charge in [0.15, 0.2) is 12.4 Å². The van der Waals surface area contributed by atoms with Crippen molar-refractivity contribution in [2.75, 3.05) is 7.11 Å². The van der Waals surface area contributed by atoms with E-state index in [0.29, 0.717) is 0 Å². The molecule has 0 bridgehead atoms. The lowest BCUT2D eigenvalue weighted by molar-refractivity contribution is -0.671. The zero-order chi connectivity index (χ0) is 18.8. The van der Waals surface area contributed by atoms with Gasteiger partial charge in [0.05, 0.1) is 7.11 Å². The van der Waals surface area contributed by atoms with Crippen LogP contribution in [0, 0.1) is 6.92 Å². The SMILES string of the molecule is COc1ccc(C2=CC(=Cc3cc[n+](C)cc3)c3cc(C)ccc3O2)cc1. The van der Waals surface area contributed by atoms with Gasteiger partial charge in [-0.1, -0.05) is 11.6 Å². The summed E-state index contributed by atoms with van der Waals surface area (Å²) in [5.74, 6) is 2.54. The van der Waals surface area contributed by atoms with Crippen LogP contribution in [0.3, 0.4) is 0 Å². The Morgan fingerprint density at radius 2 is 1.70 bits per heavy atom. The predicted molar refractivity (Wildman–Crippen MR) is 108 cm³/mol. The number of nitrogens with zero attached hydrogens (tertiary/aromatic N) is 1. The van der Waals surface area contributed by atoms with Crippen molar-refractivity contribution in [2.45, 2.75) is 6.92 Å². The zero-order valence-corrected chi connectivity index (χ0v) is 15.8. The fourth-order valence-electron chi connectivity index (χ4n) is 3.13. The smallest absolute Gasteiger partial charge is 0.169 e. The molecule has 3 aromatic rings. The highest BCUT2D eigenvalue weighted by atomic mass is 16.5. The molecule has 27 heavy (non-hydrogen) atoms. The van der Waals surface area contributed by atoms with Crippen LogP contribution < -0.4 is 14.0 Å². The van der Waals surface area contributed by atoms with Crippen LogP contribution in [0.25, 0.3) is 17.4 Å². The molecule has 0 amide bonds. The van der Waals surface area contributed by atoms with Crippen molar-refractivity contribution in [1.29, 1.82) is 0 Å². The van der Waals surface area contributed by atoms with Crippen molar-refractivity contribution in [3.05, 3.63) is 95.3 Å². The number of aryl methyl sites for hydroxylation is 2. The Bertz CT molecular complexity index is 1030. The van der Waals surface area contributed by atoms with Gasteiger partial charge in [0.1, 0.15) is 24.3 Å². The van der Waals surface area contributed by atoms with Crippen molar-refractivity contribution >= 4 is 17.4 Å². The van der Waals surface area contributed by atoms with E-state index in [1.54, 1.807) is 7.11 Å². The molecule has 0 radical (unpaired) electrons. The molecule has 0 saturated carbocycles. The van der Waals surface area contributed by atoms with Crippen molar-refractivity contribution in [3.63, 3.8) is 0 Å².